The van der Waals surface area contributed by atoms with E-state index in [1.807, 2.05) is 0 Å². The van der Waals surface area contributed by atoms with E-state index in [-0.39, 0.29) is 24.8 Å². The van der Waals surface area contributed by atoms with Gasteiger partial charge in [-0.2, -0.15) is 46.5 Å². The molecule has 0 aliphatic rings. The fourth-order valence-corrected chi connectivity index (χ4v) is 1.32. The zero-order valence-corrected chi connectivity index (χ0v) is 17.2. The van der Waals surface area contributed by atoms with Crippen molar-refractivity contribution in [1.82, 2.24) is 0 Å². The van der Waals surface area contributed by atoms with E-state index in [0.717, 1.165) is 0 Å². The maximum absolute atomic E-state index is 2.17. The van der Waals surface area contributed by atoms with E-state index in [0.29, 0.717) is 0 Å². The molecule has 0 aliphatic carbocycles. The largest absolute Gasteiger partial charge is 1.00 e. The van der Waals surface area contributed by atoms with Crippen LogP contribution in [0.25, 0.3) is 0 Å². The monoisotopic (exact) mass is 388 g/mol. The average molecular weight is 391 g/mol. The van der Waals surface area contributed by atoms with Crippen molar-refractivity contribution in [1.29, 1.82) is 0 Å². The Morgan fingerprint density at radius 3 is 1.25 bits per heavy atom. The molecule has 0 fully saturated rings. The van der Waals surface area contributed by atoms with Gasteiger partial charge < -0.3 is 24.8 Å². The van der Waals surface area contributed by atoms with Crippen LogP contribution in [0.3, 0.4) is 0 Å². The van der Waals surface area contributed by atoms with Crippen LogP contribution in [0.2, 0.25) is 0 Å². The van der Waals surface area contributed by atoms with Crippen molar-refractivity contribution in [3.8, 4) is 0 Å². The van der Waals surface area contributed by atoms with E-state index in [1.54, 1.807) is 24.2 Å². The fraction of sp³-hybridized carbons (Fsp3) is 0.353. The fourth-order valence-electron chi connectivity index (χ4n) is 1.32. The zero-order chi connectivity index (χ0) is 14.1. The van der Waals surface area contributed by atoms with Crippen LogP contribution in [0.1, 0.15) is 36.1 Å². The second-order valence-electron chi connectivity index (χ2n) is 4.86. The van der Waals surface area contributed by atoms with Crippen LogP contribution in [0.15, 0.2) is 36.4 Å². The van der Waals surface area contributed by atoms with Crippen molar-refractivity contribution in [2.45, 2.75) is 41.5 Å². The number of halogens is 2. The molecule has 0 unspecified atom stereocenters. The van der Waals surface area contributed by atoms with Crippen LogP contribution < -0.4 is 24.8 Å². The zero-order valence-electron chi connectivity index (χ0n) is 13.2. The summed E-state index contributed by atoms with van der Waals surface area (Å²) in [5.74, 6) is 0. The van der Waals surface area contributed by atoms with Crippen LogP contribution in [0.4, 0.5) is 0 Å². The molecule has 0 spiro atoms. The quantitative estimate of drug-likeness (QED) is 0.496. The molecular weight excluding hydrogens is 366 g/mol. The van der Waals surface area contributed by atoms with E-state index in [9.17, 15) is 0 Å². The molecule has 3 heteroatoms. The summed E-state index contributed by atoms with van der Waals surface area (Å²) in [6.45, 7) is 12.7. The standard InChI is InChI=1S/2C7H9.C3H6.2ClH.Zr/c1-6-3-4-7(2)5-6;1-6-4-3-5-7(6)2;1-3-2;;;/h2*3-5H,1-2H3;1-2H3;2*1H;/q2*-1;;;;+2/p-2. The molecule has 0 nitrogen and oxygen atoms in total. The van der Waals surface area contributed by atoms with Crippen molar-refractivity contribution in [3.63, 3.8) is 0 Å². The van der Waals surface area contributed by atoms with Crippen molar-refractivity contribution in [2.75, 3.05) is 0 Å². The van der Waals surface area contributed by atoms with Crippen LogP contribution in [0, 0.1) is 27.7 Å². The van der Waals surface area contributed by atoms with Gasteiger partial charge in [-0.1, -0.05) is 27.7 Å². The first-order valence-electron chi connectivity index (χ1n) is 6.23. The van der Waals surface area contributed by atoms with Gasteiger partial charge in [-0.3, -0.25) is 0 Å². The third-order valence-corrected chi connectivity index (χ3v) is 2.38. The van der Waals surface area contributed by atoms with E-state index in [4.69, 9.17) is 0 Å². The van der Waals surface area contributed by atoms with Crippen molar-refractivity contribution in [2.24, 2.45) is 0 Å². The molecule has 0 N–H and O–H groups in total. The van der Waals surface area contributed by atoms with Gasteiger partial charge >= 0.3 is 41.3 Å². The first kappa shape index (κ1) is 25.0. The van der Waals surface area contributed by atoms with Crippen molar-refractivity contribution < 1.29 is 49.0 Å². The molecule has 2 aromatic rings. The summed E-state index contributed by atoms with van der Waals surface area (Å²) in [4.78, 5) is 0. The van der Waals surface area contributed by atoms with Gasteiger partial charge in [-0.05, 0) is 0 Å². The smallest absolute Gasteiger partial charge is 0.0635 e. The van der Waals surface area contributed by atoms with E-state index in [2.05, 4.69) is 77.9 Å². The molecular formula is C17H24Cl2Zr-2. The first-order valence-corrected chi connectivity index (χ1v) is 7.46. The molecule has 0 saturated heterocycles. The van der Waals surface area contributed by atoms with Gasteiger partial charge in [-0.15, -0.1) is 0 Å². The van der Waals surface area contributed by atoms with Crippen LogP contribution >= 0.6 is 0 Å². The Morgan fingerprint density at radius 2 is 1.15 bits per heavy atom. The first-order chi connectivity index (χ1) is 8.32. The van der Waals surface area contributed by atoms with Crippen LogP contribution in [-0.4, -0.2) is 3.21 Å². The molecule has 0 radical (unpaired) electrons. The second-order valence-corrected chi connectivity index (χ2v) is 7.32. The Kier molecular flexibility index (Phi) is 17.5. The topological polar surface area (TPSA) is 0 Å². The average Bonchev–Trinajstić information content (AvgIpc) is 2.77. The molecule has 0 atom stereocenters. The van der Waals surface area contributed by atoms with Crippen LogP contribution in [-0.2, 0) is 24.2 Å². The maximum atomic E-state index is 2.17. The summed E-state index contributed by atoms with van der Waals surface area (Å²) in [5, 5.41) is 0. The number of hydrogen-bond acceptors (Lipinski definition) is 0. The molecule has 0 aliphatic heterocycles. The number of rotatable bonds is 0. The molecule has 0 amide bonds. The summed E-state index contributed by atoms with van der Waals surface area (Å²) in [7, 11) is 0. The summed E-state index contributed by atoms with van der Waals surface area (Å²) >= 11 is 1.55. The van der Waals surface area contributed by atoms with Crippen LogP contribution in [0.5, 0.6) is 0 Å². The minimum Gasteiger partial charge on any atom is -1.00 e. The van der Waals surface area contributed by atoms with Crippen molar-refractivity contribution >= 4 is 3.21 Å². The minimum atomic E-state index is 0. The third-order valence-electron chi connectivity index (χ3n) is 2.38. The number of hydrogen-bond donors (Lipinski definition) is 0. The molecule has 2 aromatic carbocycles. The predicted octanol–water partition coefficient (Wildman–Crippen LogP) is -1.20. The summed E-state index contributed by atoms with van der Waals surface area (Å²) in [6, 6.07) is 12.7. The molecule has 2 rings (SSSR count). The molecule has 112 valence electrons. The van der Waals surface area contributed by atoms with Gasteiger partial charge in [0.1, 0.15) is 0 Å². The molecule has 0 heterocycles. The molecule has 0 saturated carbocycles. The molecule has 0 aromatic heterocycles. The van der Waals surface area contributed by atoms with E-state index < -0.39 is 0 Å². The summed E-state index contributed by atoms with van der Waals surface area (Å²) < 4.78 is 1.51. The van der Waals surface area contributed by atoms with E-state index >= 15 is 0 Å². The molecule has 20 heavy (non-hydrogen) atoms. The Hall–Kier alpha value is 0.0331. The Labute approximate surface area is 151 Å². The second kappa shape index (κ2) is 14.0. The predicted molar refractivity (Wildman–Crippen MR) is 79.4 cm³/mol. The Bertz CT molecular complexity index is 430. The van der Waals surface area contributed by atoms with Gasteiger partial charge in [0.25, 0.3) is 0 Å². The third kappa shape index (κ3) is 14.4. The van der Waals surface area contributed by atoms with E-state index in [1.165, 1.54) is 25.5 Å². The summed E-state index contributed by atoms with van der Waals surface area (Å²) in [5.41, 5.74) is 5.50. The Balaban J connectivity index is -0.000000215. The van der Waals surface area contributed by atoms with Gasteiger partial charge in [0, 0.05) is 0 Å². The van der Waals surface area contributed by atoms with Gasteiger partial charge in [0.05, 0.1) is 0 Å². The van der Waals surface area contributed by atoms with Crippen molar-refractivity contribution in [3.05, 3.63) is 58.7 Å². The van der Waals surface area contributed by atoms with Gasteiger partial charge in [0.15, 0.2) is 0 Å². The number of aryl methyl sites for hydroxylation is 4. The normalized spacial score (nSPS) is 8.00. The summed E-state index contributed by atoms with van der Waals surface area (Å²) in [6.07, 6.45) is 0. The maximum Gasteiger partial charge on any atom is -0.0635 e. The van der Waals surface area contributed by atoms with Gasteiger partial charge in [-0.25, -0.2) is 12.1 Å². The molecule has 0 bridgehead atoms. The Morgan fingerprint density at radius 1 is 0.850 bits per heavy atom. The SMILES string of the molecule is C[C](C)=[Zr+2].Cc1c[cH-]cc1C.Cc1ccc(C)[cH-]1.[Cl-].[Cl-]. The van der Waals surface area contributed by atoms with Gasteiger partial charge in [0.2, 0.25) is 0 Å². The minimum absolute atomic E-state index is 0.